The van der Waals surface area contributed by atoms with E-state index in [0.29, 0.717) is 17.8 Å². The van der Waals surface area contributed by atoms with Crippen molar-refractivity contribution >= 4 is 16.6 Å². The van der Waals surface area contributed by atoms with E-state index in [4.69, 9.17) is 0 Å². The van der Waals surface area contributed by atoms with Crippen molar-refractivity contribution in [3.8, 4) is 0 Å². The fourth-order valence-corrected chi connectivity index (χ4v) is 2.79. The van der Waals surface area contributed by atoms with Crippen LogP contribution in [0.5, 0.6) is 0 Å². The average molecular weight is 323 g/mol. The molecule has 0 fully saturated rings. The minimum atomic E-state index is -0.192. The third-order valence-corrected chi connectivity index (χ3v) is 4.04. The first-order valence-electron chi connectivity index (χ1n) is 8.15. The van der Waals surface area contributed by atoms with E-state index in [1.165, 1.54) is 5.56 Å². The zero-order chi connectivity index (χ0) is 17.1. The van der Waals surface area contributed by atoms with Crippen LogP contribution < -0.4 is 16.4 Å². The molecule has 2 heterocycles. The van der Waals surface area contributed by atoms with E-state index >= 15 is 0 Å². The number of nitrogens with one attached hydrogen (secondary N) is 3. The summed E-state index contributed by atoms with van der Waals surface area (Å²) in [6.07, 6.45) is 3.76. The molecule has 0 amide bonds. The quantitative estimate of drug-likeness (QED) is 0.675. The molecule has 3 N–H and O–H groups in total. The minimum absolute atomic E-state index is 0.137. The Morgan fingerprint density at radius 1 is 1.08 bits per heavy atom. The predicted octanol–water partition coefficient (Wildman–Crippen LogP) is 3.09. The Hall–Kier alpha value is -2.82. The Balaban J connectivity index is 1.91. The van der Waals surface area contributed by atoms with Crippen LogP contribution in [0.1, 0.15) is 30.0 Å². The molecule has 0 unspecified atom stereocenters. The van der Waals surface area contributed by atoms with Crippen LogP contribution in [0, 0.1) is 6.92 Å². The molecule has 0 radical (unpaired) electrons. The zero-order valence-corrected chi connectivity index (χ0v) is 13.9. The highest BCUT2D eigenvalue weighted by molar-refractivity contribution is 5.79. The van der Waals surface area contributed by atoms with E-state index in [1.54, 1.807) is 12.3 Å². The van der Waals surface area contributed by atoms with Crippen LogP contribution >= 0.6 is 0 Å². The van der Waals surface area contributed by atoms with E-state index in [0.717, 1.165) is 29.3 Å². The molecule has 0 bridgehead atoms. The highest BCUT2D eigenvalue weighted by Gasteiger charge is 2.06. The van der Waals surface area contributed by atoms with E-state index in [9.17, 15) is 9.59 Å². The number of pyridine rings is 2. The number of anilines is 1. The lowest BCUT2D eigenvalue weighted by molar-refractivity contribution is 0.923. The third kappa shape index (κ3) is 3.40. The number of hydrogen-bond donors (Lipinski definition) is 3. The predicted molar refractivity (Wildman–Crippen MR) is 97.7 cm³/mol. The van der Waals surface area contributed by atoms with E-state index in [2.05, 4.69) is 28.3 Å². The Labute approximate surface area is 139 Å². The Kier molecular flexibility index (Phi) is 4.51. The van der Waals surface area contributed by atoms with Gasteiger partial charge in [-0.15, -0.1) is 0 Å². The normalized spacial score (nSPS) is 10.9. The van der Waals surface area contributed by atoms with Gasteiger partial charge < -0.3 is 15.3 Å². The topological polar surface area (TPSA) is 77.8 Å². The summed E-state index contributed by atoms with van der Waals surface area (Å²) in [7, 11) is 0. The largest absolute Gasteiger partial charge is 0.376 e. The number of fused-ring (bicyclic) bond motifs is 1. The molecule has 3 rings (SSSR count). The van der Waals surface area contributed by atoms with Gasteiger partial charge in [-0.05, 0) is 54.1 Å². The molecule has 0 aliphatic heterocycles. The summed E-state index contributed by atoms with van der Waals surface area (Å²) in [4.78, 5) is 29.6. The summed E-state index contributed by atoms with van der Waals surface area (Å²) < 4.78 is 0. The monoisotopic (exact) mass is 323 g/mol. The summed E-state index contributed by atoms with van der Waals surface area (Å²) in [6, 6.07) is 9.77. The Morgan fingerprint density at radius 3 is 2.71 bits per heavy atom. The Morgan fingerprint density at radius 2 is 1.92 bits per heavy atom. The molecule has 3 aromatic rings. The first-order chi connectivity index (χ1) is 11.6. The van der Waals surface area contributed by atoms with Crippen LogP contribution in [0.2, 0.25) is 0 Å². The molecule has 124 valence electrons. The lowest BCUT2D eigenvalue weighted by atomic mass is 10.1. The van der Waals surface area contributed by atoms with E-state index < -0.39 is 0 Å². The summed E-state index contributed by atoms with van der Waals surface area (Å²) in [6.45, 7) is 4.35. The molecule has 2 aromatic heterocycles. The first-order valence-corrected chi connectivity index (χ1v) is 8.15. The molecule has 0 aliphatic carbocycles. The fraction of sp³-hybridized carbons (Fsp3) is 0.263. The summed E-state index contributed by atoms with van der Waals surface area (Å²) in [5.41, 5.74) is 3.79. The number of H-pyrrole nitrogens is 2. The third-order valence-electron chi connectivity index (χ3n) is 4.04. The van der Waals surface area contributed by atoms with Gasteiger partial charge in [-0.25, -0.2) is 0 Å². The van der Waals surface area contributed by atoms with Crippen LogP contribution in [0.25, 0.3) is 10.9 Å². The molecule has 0 saturated heterocycles. The maximum absolute atomic E-state index is 12.2. The van der Waals surface area contributed by atoms with Crippen molar-refractivity contribution in [3.63, 3.8) is 0 Å². The van der Waals surface area contributed by atoms with E-state index in [-0.39, 0.29) is 11.1 Å². The van der Waals surface area contributed by atoms with Crippen molar-refractivity contribution in [2.45, 2.75) is 33.2 Å². The van der Waals surface area contributed by atoms with Crippen molar-refractivity contribution in [2.75, 3.05) is 5.32 Å². The first kappa shape index (κ1) is 16.1. The van der Waals surface area contributed by atoms with Gasteiger partial charge in [-0.2, -0.15) is 0 Å². The number of aromatic nitrogens is 2. The number of rotatable bonds is 5. The van der Waals surface area contributed by atoms with Gasteiger partial charge in [-0.1, -0.05) is 19.4 Å². The van der Waals surface area contributed by atoms with Crippen molar-refractivity contribution in [3.05, 3.63) is 73.9 Å². The number of hydrogen-bond acceptors (Lipinski definition) is 3. The van der Waals surface area contributed by atoms with Crippen molar-refractivity contribution < 1.29 is 0 Å². The van der Waals surface area contributed by atoms with Gasteiger partial charge in [0.25, 0.3) is 11.1 Å². The molecule has 5 nitrogen and oxygen atoms in total. The van der Waals surface area contributed by atoms with Crippen molar-refractivity contribution in [1.82, 2.24) is 9.97 Å². The summed E-state index contributed by atoms with van der Waals surface area (Å²) in [5.74, 6) is 0. The molecule has 1 aromatic carbocycles. The molecular weight excluding hydrogens is 302 g/mol. The van der Waals surface area contributed by atoms with Crippen LogP contribution in [0.3, 0.4) is 0 Å². The fourth-order valence-electron chi connectivity index (χ4n) is 2.79. The van der Waals surface area contributed by atoms with Gasteiger partial charge in [0.05, 0.1) is 0 Å². The summed E-state index contributed by atoms with van der Waals surface area (Å²) >= 11 is 0. The second-order valence-corrected chi connectivity index (χ2v) is 6.07. The number of aryl methyl sites for hydroxylation is 2. The Bertz CT molecular complexity index is 986. The highest BCUT2D eigenvalue weighted by atomic mass is 16.1. The van der Waals surface area contributed by atoms with Crippen LogP contribution in [0.15, 0.2) is 46.1 Å². The highest BCUT2D eigenvalue weighted by Crippen LogP contribution is 2.15. The molecule has 24 heavy (non-hydrogen) atoms. The number of benzene rings is 1. The second kappa shape index (κ2) is 6.74. The minimum Gasteiger partial charge on any atom is -0.376 e. The van der Waals surface area contributed by atoms with Crippen LogP contribution in [0.4, 0.5) is 5.69 Å². The lowest BCUT2D eigenvalue weighted by Crippen LogP contribution is -2.19. The maximum Gasteiger partial charge on any atom is 0.271 e. The molecule has 0 atom stereocenters. The molecule has 0 aliphatic rings. The van der Waals surface area contributed by atoms with Crippen LogP contribution in [-0.4, -0.2) is 9.97 Å². The average Bonchev–Trinajstić information content (AvgIpc) is 2.56. The molecule has 5 heteroatoms. The standard InChI is InChI=1S/C19H21N3O2/c1-3-4-13-5-6-16-14(8-13)9-15(18(23)22-16)11-20-17-7-12(2)10-21-19(17)24/h5-10,20H,3-4,11H2,1-2H3,(H,21,24)(H,22,23). The van der Waals surface area contributed by atoms with Gasteiger partial charge >= 0.3 is 0 Å². The zero-order valence-electron chi connectivity index (χ0n) is 13.9. The van der Waals surface area contributed by atoms with Gasteiger partial charge in [0.2, 0.25) is 0 Å². The van der Waals surface area contributed by atoms with E-state index in [1.807, 2.05) is 25.1 Å². The molecular formula is C19H21N3O2. The summed E-state index contributed by atoms with van der Waals surface area (Å²) in [5, 5.41) is 4.06. The van der Waals surface area contributed by atoms with Gasteiger partial charge in [0, 0.05) is 23.8 Å². The molecule has 0 saturated carbocycles. The lowest BCUT2D eigenvalue weighted by Gasteiger charge is -2.08. The van der Waals surface area contributed by atoms with Crippen molar-refractivity contribution in [1.29, 1.82) is 0 Å². The van der Waals surface area contributed by atoms with Gasteiger partial charge in [0.1, 0.15) is 5.69 Å². The van der Waals surface area contributed by atoms with Gasteiger partial charge in [-0.3, -0.25) is 9.59 Å². The maximum atomic E-state index is 12.2. The van der Waals surface area contributed by atoms with Gasteiger partial charge in [0.15, 0.2) is 0 Å². The second-order valence-electron chi connectivity index (χ2n) is 6.07. The SMILES string of the molecule is CCCc1ccc2[nH]c(=O)c(CNc3cc(C)c[nH]c3=O)cc2c1. The van der Waals surface area contributed by atoms with Crippen molar-refractivity contribution in [2.24, 2.45) is 0 Å². The number of aromatic amines is 2. The molecule has 0 spiro atoms. The smallest absolute Gasteiger partial charge is 0.271 e. The van der Waals surface area contributed by atoms with Crippen LogP contribution in [-0.2, 0) is 13.0 Å².